The zero-order chi connectivity index (χ0) is 20.8. The van der Waals surface area contributed by atoms with Gasteiger partial charge in [0.2, 0.25) is 0 Å². The molecule has 1 saturated carbocycles. The number of amides is 1. The van der Waals surface area contributed by atoms with Crippen molar-refractivity contribution >= 4 is 38.7 Å². The summed E-state index contributed by atoms with van der Waals surface area (Å²) >= 11 is 3.45. The first-order chi connectivity index (χ1) is 14.5. The van der Waals surface area contributed by atoms with Gasteiger partial charge in [-0.25, -0.2) is 4.98 Å². The number of aromatic nitrogens is 5. The third kappa shape index (κ3) is 3.63. The minimum atomic E-state index is -0.186. The Kier molecular flexibility index (Phi) is 4.66. The van der Waals surface area contributed by atoms with E-state index in [1.807, 2.05) is 61.2 Å². The van der Waals surface area contributed by atoms with Crippen molar-refractivity contribution in [3.63, 3.8) is 0 Å². The second-order valence-electron chi connectivity index (χ2n) is 7.76. The summed E-state index contributed by atoms with van der Waals surface area (Å²) in [5.41, 5.74) is 4.26. The number of halogens is 1. The van der Waals surface area contributed by atoms with Crippen LogP contribution in [-0.2, 0) is 13.6 Å². The van der Waals surface area contributed by atoms with Crippen LogP contribution in [0.15, 0.2) is 47.1 Å². The third-order valence-corrected chi connectivity index (χ3v) is 5.90. The molecule has 1 amide bonds. The number of hydrogen-bond acceptors (Lipinski definition) is 4. The fraction of sp³-hybridized carbons (Fsp3) is 0.273. The Hall–Kier alpha value is -3.00. The van der Waals surface area contributed by atoms with E-state index in [-0.39, 0.29) is 5.91 Å². The van der Waals surface area contributed by atoms with Crippen molar-refractivity contribution in [1.82, 2.24) is 24.5 Å². The van der Waals surface area contributed by atoms with Crippen LogP contribution in [0.2, 0.25) is 0 Å². The lowest BCUT2D eigenvalue weighted by Crippen LogP contribution is -2.14. The highest BCUT2D eigenvalue weighted by Gasteiger charge is 2.28. The van der Waals surface area contributed by atoms with Crippen molar-refractivity contribution in [3.05, 3.63) is 69.6 Å². The molecule has 1 fully saturated rings. The average molecular weight is 465 g/mol. The fourth-order valence-corrected chi connectivity index (χ4v) is 3.97. The van der Waals surface area contributed by atoms with Gasteiger partial charge in [-0.15, -0.1) is 0 Å². The highest BCUT2D eigenvalue weighted by Crippen LogP contribution is 2.40. The number of rotatable bonds is 5. The maximum atomic E-state index is 13.2. The van der Waals surface area contributed by atoms with Crippen LogP contribution in [0, 0.1) is 6.92 Å². The molecular formula is C22H21BrN6O. The summed E-state index contributed by atoms with van der Waals surface area (Å²) in [7, 11) is 1.87. The lowest BCUT2D eigenvalue weighted by Gasteiger charge is -2.08. The molecule has 3 aromatic heterocycles. The molecule has 8 heteroatoms. The predicted octanol–water partition coefficient (Wildman–Crippen LogP) is 4.41. The number of nitrogens with one attached hydrogen (secondary N) is 1. The van der Waals surface area contributed by atoms with Gasteiger partial charge in [-0.05, 0) is 43.5 Å². The van der Waals surface area contributed by atoms with E-state index in [0.29, 0.717) is 23.8 Å². The minimum absolute atomic E-state index is 0.186. The van der Waals surface area contributed by atoms with Gasteiger partial charge >= 0.3 is 0 Å². The first-order valence-corrected chi connectivity index (χ1v) is 10.7. The Morgan fingerprint density at radius 2 is 1.97 bits per heavy atom. The number of benzene rings is 1. The van der Waals surface area contributed by atoms with Gasteiger partial charge in [0.15, 0.2) is 11.5 Å². The van der Waals surface area contributed by atoms with E-state index in [4.69, 9.17) is 4.98 Å². The van der Waals surface area contributed by atoms with Crippen molar-refractivity contribution in [3.8, 4) is 0 Å². The molecule has 0 saturated heterocycles. The quantitative estimate of drug-likeness (QED) is 0.474. The number of carbonyl (C=O) groups excluding carboxylic acids is 1. The molecule has 4 aromatic rings. The van der Waals surface area contributed by atoms with Gasteiger partial charge in [0, 0.05) is 35.4 Å². The number of hydrogen-bond donors (Lipinski definition) is 1. The molecule has 1 aliphatic rings. The maximum Gasteiger partial charge on any atom is 0.257 e. The van der Waals surface area contributed by atoms with Gasteiger partial charge in [0.25, 0.3) is 5.91 Å². The number of carbonyl (C=O) groups is 1. The van der Waals surface area contributed by atoms with Gasteiger partial charge in [0.05, 0.1) is 23.2 Å². The predicted molar refractivity (Wildman–Crippen MR) is 119 cm³/mol. The van der Waals surface area contributed by atoms with E-state index in [1.165, 1.54) is 0 Å². The van der Waals surface area contributed by atoms with Crippen LogP contribution >= 0.6 is 15.9 Å². The summed E-state index contributed by atoms with van der Waals surface area (Å²) in [6.45, 7) is 2.54. The third-order valence-electron chi connectivity index (χ3n) is 5.37. The smallest absolute Gasteiger partial charge is 0.257 e. The molecule has 1 aromatic carbocycles. The normalized spacial score (nSPS) is 13.7. The summed E-state index contributed by atoms with van der Waals surface area (Å²) in [5, 5.41) is 12.7. The van der Waals surface area contributed by atoms with E-state index in [2.05, 4.69) is 31.4 Å². The molecular weight excluding hydrogens is 444 g/mol. The van der Waals surface area contributed by atoms with Gasteiger partial charge in [-0.2, -0.15) is 10.2 Å². The van der Waals surface area contributed by atoms with Crippen LogP contribution in [0.1, 0.15) is 46.1 Å². The Labute approximate surface area is 182 Å². The molecule has 0 radical (unpaired) electrons. The molecule has 3 heterocycles. The van der Waals surface area contributed by atoms with Crippen molar-refractivity contribution in [2.75, 3.05) is 5.32 Å². The Morgan fingerprint density at radius 3 is 2.70 bits per heavy atom. The topological polar surface area (TPSA) is 77.6 Å². The summed E-state index contributed by atoms with van der Waals surface area (Å²) in [5.74, 6) is 0.784. The number of fused-ring (bicyclic) bond motifs is 1. The Balaban J connectivity index is 1.41. The van der Waals surface area contributed by atoms with Crippen LogP contribution in [0.25, 0.3) is 11.0 Å². The van der Waals surface area contributed by atoms with Crippen LogP contribution in [0.4, 0.5) is 5.82 Å². The lowest BCUT2D eigenvalue weighted by molar-refractivity contribution is 0.102. The SMILES string of the molecule is Cc1nn(C)c2nc(C3CC3)cc(C(=O)Nc3ccn(Cc4ccc(Br)cc4)n3)c12. The molecule has 0 bridgehead atoms. The molecule has 5 rings (SSSR count). The number of aryl methyl sites for hydroxylation is 2. The highest BCUT2D eigenvalue weighted by atomic mass is 79.9. The van der Waals surface area contributed by atoms with Crippen LogP contribution < -0.4 is 5.32 Å². The molecule has 0 aliphatic heterocycles. The van der Waals surface area contributed by atoms with E-state index >= 15 is 0 Å². The van der Waals surface area contributed by atoms with Crippen LogP contribution in [0.5, 0.6) is 0 Å². The van der Waals surface area contributed by atoms with Crippen molar-refractivity contribution in [2.45, 2.75) is 32.2 Å². The van der Waals surface area contributed by atoms with Crippen LogP contribution in [-0.4, -0.2) is 30.5 Å². The second kappa shape index (κ2) is 7.36. The van der Waals surface area contributed by atoms with E-state index < -0.39 is 0 Å². The molecule has 0 unspecified atom stereocenters. The molecule has 0 spiro atoms. The molecule has 30 heavy (non-hydrogen) atoms. The van der Waals surface area contributed by atoms with Crippen molar-refractivity contribution in [1.29, 1.82) is 0 Å². The lowest BCUT2D eigenvalue weighted by atomic mass is 10.1. The summed E-state index contributed by atoms with van der Waals surface area (Å²) in [6, 6.07) is 11.8. The van der Waals surface area contributed by atoms with E-state index in [9.17, 15) is 4.79 Å². The molecule has 1 aliphatic carbocycles. The van der Waals surface area contributed by atoms with Gasteiger partial charge < -0.3 is 5.32 Å². The first-order valence-electron chi connectivity index (χ1n) is 9.91. The number of pyridine rings is 1. The van der Waals surface area contributed by atoms with Crippen molar-refractivity contribution in [2.24, 2.45) is 7.05 Å². The summed E-state index contributed by atoms with van der Waals surface area (Å²) in [4.78, 5) is 17.9. The summed E-state index contributed by atoms with van der Waals surface area (Å²) < 4.78 is 4.60. The zero-order valence-corrected chi connectivity index (χ0v) is 18.3. The monoisotopic (exact) mass is 464 g/mol. The molecule has 1 N–H and O–H groups in total. The van der Waals surface area contributed by atoms with Gasteiger partial charge in [-0.1, -0.05) is 28.1 Å². The van der Waals surface area contributed by atoms with Gasteiger partial charge in [-0.3, -0.25) is 14.2 Å². The Morgan fingerprint density at radius 1 is 1.20 bits per heavy atom. The van der Waals surface area contributed by atoms with E-state index in [0.717, 1.165) is 45.3 Å². The van der Waals surface area contributed by atoms with Crippen LogP contribution in [0.3, 0.4) is 0 Å². The standard InChI is InChI=1S/C22H21BrN6O/c1-13-20-17(11-18(15-5-6-15)24-21(20)28(2)26-13)22(30)25-19-9-10-29(27-19)12-14-3-7-16(23)8-4-14/h3-4,7-11,15H,5-6,12H2,1-2H3,(H,25,27,30). The average Bonchev–Trinajstić information content (AvgIpc) is 3.43. The molecule has 152 valence electrons. The van der Waals surface area contributed by atoms with E-state index in [1.54, 1.807) is 4.68 Å². The molecule has 7 nitrogen and oxygen atoms in total. The minimum Gasteiger partial charge on any atom is -0.305 e. The number of anilines is 1. The Bertz CT molecular complexity index is 1250. The molecule has 0 atom stereocenters. The van der Waals surface area contributed by atoms with Gasteiger partial charge in [0.1, 0.15) is 0 Å². The fourth-order valence-electron chi connectivity index (χ4n) is 3.71. The highest BCUT2D eigenvalue weighted by molar-refractivity contribution is 9.10. The second-order valence-corrected chi connectivity index (χ2v) is 8.67. The largest absolute Gasteiger partial charge is 0.305 e. The zero-order valence-electron chi connectivity index (χ0n) is 16.8. The first kappa shape index (κ1) is 19.0. The maximum absolute atomic E-state index is 13.2. The number of nitrogens with zero attached hydrogens (tertiary/aromatic N) is 5. The summed E-state index contributed by atoms with van der Waals surface area (Å²) in [6.07, 6.45) is 4.11. The van der Waals surface area contributed by atoms with Crippen molar-refractivity contribution < 1.29 is 4.79 Å².